The first kappa shape index (κ1) is 10.7. The van der Waals surface area contributed by atoms with Crippen LogP contribution < -0.4 is 0 Å². The standard InChI is InChI=1S/C10H18O3/c1-4-8-7(11)6-10(12-3)9(5-2)13-8/h4,7-11H,1,5-6H2,2-3H3/t7-,8+,9-,10+/m0/s1. The smallest absolute Gasteiger partial charge is 0.102 e. The van der Waals surface area contributed by atoms with Gasteiger partial charge >= 0.3 is 0 Å². The van der Waals surface area contributed by atoms with Gasteiger partial charge in [0.1, 0.15) is 6.10 Å². The third kappa shape index (κ3) is 2.30. The summed E-state index contributed by atoms with van der Waals surface area (Å²) in [6.07, 6.45) is 2.55. The van der Waals surface area contributed by atoms with Crippen LogP contribution in [0.25, 0.3) is 0 Å². The van der Waals surface area contributed by atoms with Crippen LogP contribution in [-0.4, -0.2) is 36.6 Å². The zero-order valence-electron chi connectivity index (χ0n) is 8.27. The first-order valence-corrected chi connectivity index (χ1v) is 4.71. The van der Waals surface area contributed by atoms with E-state index in [1.165, 1.54) is 0 Å². The summed E-state index contributed by atoms with van der Waals surface area (Å²) in [5, 5.41) is 9.61. The topological polar surface area (TPSA) is 38.7 Å². The van der Waals surface area contributed by atoms with Crippen molar-refractivity contribution in [3.63, 3.8) is 0 Å². The molecule has 0 bridgehead atoms. The fourth-order valence-corrected chi connectivity index (χ4v) is 1.72. The molecule has 1 aliphatic heterocycles. The number of ether oxygens (including phenoxy) is 2. The monoisotopic (exact) mass is 186 g/mol. The average molecular weight is 186 g/mol. The number of hydrogen-bond acceptors (Lipinski definition) is 3. The molecule has 0 aliphatic carbocycles. The lowest BCUT2D eigenvalue weighted by atomic mass is 9.97. The van der Waals surface area contributed by atoms with Crippen LogP contribution in [0.4, 0.5) is 0 Å². The van der Waals surface area contributed by atoms with Gasteiger partial charge in [-0.05, 0) is 6.42 Å². The van der Waals surface area contributed by atoms with Gasteiger partial charge < -0.3 is 14.6 Å². The van der Waals surface area contributed by atoms with E-state index in [0.29, 0.717) is 6.42 Å². The van der Waals surface area contributed by atoms with E-state index in [-0.39, 0.29) is 18.3 Å². The molecule has 0 spiro atoms. The molecule has 0 aromatic heterocycles. The minimum absolute atomic E-state index is 0.0104. The van der Waals surface area contributed by atoms with Gasteiger partial charge in [-0.2, -0.15) is 0 Å². The van der Waals surface area contributed by atoms with Gasteiger partial charge in [-0.3, -0.25) is 0 Å². The van der Waals surface area contributed by atoms with Gasteiger partial charge in [-0.15, -0.1) is 6.58 Å². The lowest BCUT2D eigenvalue weighted by Crippen LogP contribution is -2.46. The molecule has 1 rings (SSSR count). The summed E-state index contributed by atoms with van der Waals surface area (Å²) in [6.45, 7) is 5.68. The van der Waals surface area contributed by atoms with Gasteiger partial charge in [-0.1, -0.05) is 13.0 Å². The van der Waals surface area contributed by atoms with Crippen molar-refractivity contribution in [3.05, 3.63) is 12.7 Å². The van der Waals surface area contributed by atoms with E-state index >= 15 is 0 Å². The highest BCUT2D eigenvalue weighted by Crippen LogP contribution is 2.24. The van der Waals surface area contributed by atoms with Crippen LogP contribution in [-0.2, 0) is 9.47 Å². The molecule has 13 heavy (non-hydrogen) atoms. The molecule has 1 heterocycles. The summed E-state index contributed by atoms with van der Waals surface area (Å²) >= 11 is 0. The minimum Gasteiger partial charge on any atom is -0.390 e. The number of methoxy groups -OCH3 is 1. The Bertz CT molecular complexity index is 170. The maximum Gasteiger partial charge on any atom is 0.102 e. The fraction of sp³-hybridized carbons (Fsp3) is 0.800. The van der Waals surface area contributed by atoms with Crippen molar-refractivity contribution in [2.75, 3.05) is 7.11 Å². The number of aliphatic hydroxyl groups is 1. The summed E-state index contributed by atoms with van der Waals surface area (Å²) in [4.78, 5) is 0. The second-order valence-electron chi connectivity index (χ2n) is 3.36. The molecule has 0 aromatic rings. The highest BCUT2D eigenvalue weighted by atomic mass is 16.6. The quantitative estimate of drug-likeness (QED) is 0.671. The summed E-state index contributed by atoms with van der Waals surface area (Å²) < 4.78 is 10.8. The molecule has 0 radical (unpaired) electrons. The van der Waals surface area contributed by atoms with Crippen LogP contribution in [0, 0.1) is 0 Å². The Morgan fingerprint density at radius 1 is 1.69 bits per heavy atom. The number of hydrogen-bond donors (Lipinski definition) is 1. The van der Waals surface area contributed by atoms with Crippen molar-refractivity contribution in [3.8, 4) is 0 Å². The van der Waals surface area contributed by atoms with Gasteiger partial charge in [-0.25, -0.2) is 0 Å². The van der Waals surface area contributed by atoms with Crippen LogP contribution in [0.3, 0.4) is 0 Å². The Kier molecular flexibility index (Phi) is 3.90. The third-order valence-electron chi connectivity index (χ3n) is 2.54. The summed E-state index contributed by atoms with van der Waals surface area (Å²) in [5.41, 5.74) is 0. The Balaban J connectivity index is 2.59. The van der Waals surface area contributed by atoms with Crippen LogP contribution >= 0.6 is 0 Å². The van der Waals surface area contributed by atoms with Crippen LogP contribution in [0.2, 0.25) is 0 Å². The van der Waals surface area contributed by atoms with E-state index < -0.39 is 6.10 Å². The predicted molar refractivity (Wildman–Crippen MR) is 50.6 cm³/mol. The maximum absolute atomic E-state index is 9.61. The van der Waals surface area contributed by atoms with Gasteiger partial charge in [0.15, 0.2) is 0 Å². The molecular formula is C10H18O3. The highest BCUT2D eigenvalue weighted by molar-refractivity contribution is 4.93. The van der Waals surface area contributed by atoms with Crippen LogP contribution in [0.5, 0.6) is 0 Å². The zero-order valence-corrected chi connectivity index (χ0v) is 8.27. The van der Waals surface area contributed by atoms with Crippen molar-refractivity contribution < 1.29 is 14.6 Å². The number of rotatable bonds is 3. The highest BCUT2D eigenvalue weighted by Gasteiger charge is 2.34. The summed E-state index contributed by atoms with van der Waals surface area (Å²) in [7, 11) is 1.65. The predicted octanol–water partition coefficient (Wildman–Crippen LogP) is 1.12. The molecule has 1 fully saturated rings. The molecule has 0 saturated carbocycles. The van der Waals surface area contributed by atoms with E-state index in [2.05, 4.69) is 13.5 Å². The Hall–Kier alpha value is -0.380. The van der Waals surface area contributed by atoms with E-state index in [1.807, 2.05) is 0 Å². The van der Waals surface area contributed by atoms with Crippen LogP contribution in [0.15, 0.2) is 12.7 Å². The van der Waals surface area contributed by atoms with E-state index in [1.54, 1.807) is 13.2 Å². The lowest BCUT2D eigenvalue weighted by Gasteiger charge is -2.37. The molecular weight excluding hydrogens is 168 g/mol. The van der Waals surface area contributed by atoms with Gasteiger partial charge in [0.25, 0.3) is 0 Å². The first-order chi connectivity index (χ1) is 6.22. The van der Waals surface area contributed by atoms with E-state index in [4.69, 9.17) is 9.47 Å². The van der Waals surface area contributed by atoms with Crippen LogP contribution in [0.1, 0.15) is 19.8 Å². The van der Waals surface area contributed by atoms with Gasteiger partial charge in [0.2, 0.25) is 0 Å². The molecule has 0 unspecified atom stereocenters. The molecule has 1 aliphatic rings. The van der Waals surface area contributed by atoms with E-state index in [9.17, 15) is 5.11 Å². The van der Waals surface area contributed by atoms with Gasteiger partial charge in [0, 0.05) is 13.5 Å². The number of aliphatic hydroxyl groups excluding tert-OH is 1. The normalized spacial score (nSPS) is 40.2. The summed E-state index contributed by atoms with van der Waals surface area (Å²) in [5.74, 6) is 0. The van der Waals surface area contributed by atoms with Crippen molar-refractivity contribution in [2.45, 2.75) is 44.2 Å². The fourth-order valence-electron chi connectivity index (χ4n) is 1.72. The van der Waals surface area contributed by atoms with Gasteiger partial charge in [0.05, 0.1) is 18.3 Å². The molecule has 1 saturated heterocycles. The zero-order chi connectivity index (χ0) is 9.84. The Morgan fingerprint density at radius 3 is 2.85 bits per heavy atom. The maximum atomic E-state index is 9.61. The molecule has 1 N–H and O–H groups in total. The lowest BCUT2D eigenvalue weighted by molar-refractivity contribution is -0.161. The largest absolute Gasteiger partial charge is 0.390 e. The SMILES string of the molecule is C=C[C@H]1O[C@@H](CC)[C@H](OC)C[C@@H]1O. The summed E-state index contributed by atoms with van der Waals surface area (Å²) in [6, 6.07) is 0. The average Bonchev–Trinajstić information content (AvgIpc) is 2.17. The Morgan fingerprint density at radius 2 is 2.38 bits per heavy atom. The Labute approximate surface area is 79.3 Å². The van der Waals surface area contributed by atoms with Crippen molar-refractivity contribution in [1.29, 1.82) is 0 Å². The molecule has 3 nitrogen and oxygen atoms in total. The first-order valence-electron chi connectivity index (χ1n) is 4.71. The molecule has 3 heteroatoms. The molecule has 0 amide bonds. The third-order valence-corrected chi connectivity index (χ3v) is 2.54. The van der Waals surface area contributed by atoms with Crippen molar-refractivity contribution in [2.24, 2.45) is 0 Å². The van der Waals surface area contributed by atoms with Crippen molar-refractivity contribution >= 4 is 0 Å². The second-order valence-corrected chi connectivity index (χ2v) is 3.36. The van der Waals surface area contributed by atoms with E-state index in [0.717, 1.165) is 6.42 Å². The molecule has 76 valence electrons. The second kappa shape index (κ2) is 4.74. The minimum atomic E-state index is -0.481. The molecule has 0 aromatic carbocycles. The molecule has 4 atom stereocenters. The van der Waals surface area contributed by atoms with Crippen molar-refractivity contribution in [1.82, 2.24) is 0 Å².